The molecular formula is C10H15N5O4. The van der Waals surface area contributed by atoms with Crippen LogP contribution in [0, 0.1) is 0 Å². The molecule has 1 aliphatic rings. The maximum absolute atomic E-state index is 11.8. The van der Waals surface area contributed by atoms with Crippen molar-refractivity contribution in [1.82, 2.24) is 10.6 Å². The number of amides is 2. The Morgan fingerprint density at radius 1 is 1.42 bits per heavy atom. The van der Waals surface area contributed by atoms with Crippen LogP contribution in [0.1, 0.15) is 6.42 Å². The van der Waals surface area contributed by atoms with E-state index in [4.69, 9.17) is 10.8 Å². The van der Waals surface area contributed by atoms with Crippen molar-refractivity contribution >= 4 is 30.3 Å². The molecule has 9 heteroatoms. The summed E-state index contributed by atoms with van der Waals surface area (Å²) in [6.07, 6.45) is 3.07. The van der Waals surface area contributed by atoms with Crippen LogP contribution < -0.4 is 16.4 Å². The summed E-state index contributed by atoms with van der Waals surface area (Å²) in [5.41, 5.74) is 5.16. The molecular weight excluding hydrogens is 254 g/mol. The normalized spacial score (nSPS) is 18.1. The van der Waals surface area contributed by atoms with Crippen molar-refractivity contribution in [1.29, 1.82) is 0 Å². The molecule has 0 aromatic rings. The van der Waals surface area contributed by atoms with E-state index in [1.807, 2.05) is 0 Å². The predicted octanol–water partition coefficient (Wildman–Crippen LogP) is -2.50. The number of carbonyl (C=O) groups is 3. The SMILES string of the molecule is NCC(=O)N[C@@H](C[C@@H]1C=NC=N1)C(=O)NCC(=O)O. The molecule has 2 amide bonds. The molecule has 19 heavy (non-hydrogen) atoms. The molecule has 104 valence electrons. The van der Waals surface area contributed by atoms with Crippen molar-refractivity contribution in [2.75, 3.05) is 13.1 Å². The molecule has 0 saturated heterocycles. The summed E-state index contributed by atoms with van der Waals surface area (Å²) in [5, 5.41) is 13.1. The molecule has 0 fully saturated rings. The van der Waals surface area contributed by atoms with E-state index in [0.717, 1.165) is 0 Å². The average molecular weight is 269 g/mol. The van der Waals surface area contributed by atoms with Gasteiger partial charge in [-0.15, -0.1) is 0 Å². The highest BCUT2D eigenvalue weighted by Gasteiger charge is 2.24. The first-order valence-corrected chi connectivity index (χ1v) is 5.56. The smallest absolute Gasteiger partial charge is 0.322 e. The fourth-order valence-corrected chi connectivity index (χ4v) is 1.43. The van der Waals surface area contributed by atoms with Gasteiger partial charge < -0.3 is 21.5 Å². The Morgan fingerprint density at radius 2 is 2.16 bits per heavy atom. The van der Waals surface area contributed by atoms with Crippen LogP contribution in [0.3, 0.4) is 0 Å². The van der Waals surface area contributed by atoms with E-state index < -0.39 is 30.4 Å². The van der Waals surface area contributed by atoms with Crippen LogP contribution in [-0.2, 0) is 14.4 Å². The van der Waals surface area contributed by atoms with Gasteiger partial charge in [0.2, 0.25) is 11.8 Å². The maximum atomic E-state index is 11.8. The van der Waals surface area contributed by atoms with Crippen LogP contribution >= 0.6 is 0 Å². The second-order valence-electron chi connectivity index (χ2n) is 3.80. The number of nitrogens with zero attached hydrogens (tertiary/aromatic N) is 2. The van der Waals surface area contributed by atoms with Crippen LogP contribution in [-0.4, -0.2) is 60.6 Å². The Hall–Kier alpha value is -2.29. The van der Waals surface area contributed by atoms with E-state index in [2.05, 4.69) is 20.6 Å². The molecule has 0 aliphatic carbocycles. The van der Waals surface area contributed by atoms with E-state index >= 15 is 0 Å². The minimum atomic E-state index is -1.17. The van der Waals surface area contributed by atoms with Gasteiger partial charge in [-0.25, -0.2) is 4.99 Å². The molecule has 0 radical (unpaired) electrons. The van der Waals surface area contributed by atoms with Crippen molar-refractivity contribution in [3.63, 3.8) is 0 Å². The summed E-state index contributed by atoms with van der Waals surface area (Å²) >= 11 is 0. The van der Waals surface area contributed by atoms with E-state index in [-0.39, 0.29) is 19.0 Å². The zero-order valence-corrected chi connectivity index (χ0v) is 10.1. The van der Waals surface area contributed by atoms with Crippen molar-refractivity contribution in [3.05, 3.63) is 0 Å². The number of carboxylic acids is 1. The number of nitrogens with one attached hydrogen (secondary N) is 2. The molecule has 0 aromatic carbocycles. The summed E-state index contributed by atoms with van der Waals surface area (Å²) in [6, 6.07) is -1.22. The Morgan fingerprint density at radius 3 is 2.68 bits per heavy atom. The van der Waals surface area contributed by atoms with Gasteiger partial charge in [-0.2, -0.15) is 0 Å². The number of hydrogen-bond acceptors (Lipinski definition) is 6. The van der Waals surface area contributed by atoms with Crippen LogP contribution in [0.15, 0.2) is 9.98 Å². The molecule has 0 spiro atoms. The Bertz CT molecular complexity index is 408. The zero-order valence-electron chi connectivity index (χ0n) is 10.1. The van der Waals surface area contributed by atoms with E-state index in [9.17, 15) is 14.4 Å². The maximum Gasteiger partial charge on any atom is 0.322 e. The fourth-order valence-electron chi connectivity index (χ4n) is 1.43. The van der Waals surface area contributed by atoms with E-state index in [1.54, 1.807) is 0 Å². The molecule has 9 nitrogen and oxygen atoms in total. The van der Waals surface area contributed by atoms with Crippen molar-refractivity contribution in [2.24, 2.45) is 15.7 Å². The molecule has 2 atom stereocenters. The Labute approximate surface area is 109 Å². The van der Waals surface area contributed by atoms with Crippen molar-refractivity contribution in [3.8, 4) is 0 Å². The molecule has 0 unspecified atom stereocenters. The molecule has 0 saturated carbocycles. The van der Waals surface area contributed by atoms with Gasteiger partial charge in [-0.1, -0.05) is 0 Å². The fraction of sp³-hybridized carbons (Fsp3) is 0.500. The summed E-state index contributed by atoms with van der Waals surface area (Å²) in [7, 11) is 0. The average Bonchev–Trinajstić information content (AvgIpc) is 2.87. The first kappa shape index (κ1) is 14.8. The summed E-state index contributed by atoms with van der Waals surface area (Å²) in [6.45, 7) is -0.777. The quantitative estimate of drug-likeness (QED) is 0.403. The van der Waals surface area contributed by atoms with Crippen LogP contribution in [0.4, 0.5) is 0 Å². The van der Waals surface area contributed by atoms with Gasteiger partial charge in [0.1, 0.15) is 18.9 Å². The third-order valence-corrected chi connectivity index (χ3v) is 2.31. The van der Waals surface area contributed by atoms with Crippen molar-refractivity contribution in [2.45, 2.75) is 18.5 Å². The van der Waals surface area contributed by atoms with Gasteiger partial charge in [0, 0.05) is 12.6 Å². The lowest BCUT2D eigenvalue weighted by atomic mass is 10.1. The second-order valence-corrected chi connectivity index (χ2v) is 3.80. The monoisotopic (exact) mass is 269 g/mol. The first-order valence-electron chi connectivity index (χ1n) is 5.56. The van der Waals surface area contributed by atoms with Crippen LogP contribution in [0.2, 0.25) is 0 Å². The summed E-state index contributed by atoms with van der Waals surface area (Å²) < 4.78 is 0. The number of rotatable bonds is 7. The highest BCUT2D eigenvalue weighted by atomic mass is 16.4. The molecule has 1 rings (SSSR count). The Kier molecular flexibility index (Phi) is 5.61. The number of aliphatic imine (C=N–C) groups is 2. The number of aliphatic carboxylic acids is 1. The minimum absolute atomic E-state index is 0.192. The van der Waals surface area contributed by atoms with Crippen LogP contribution in [0.5, 0.6) is 0 Å². The third kappa shape index (κ3) is 5.25. The second kappa shape index (κ2) is 7.21. The van der Waals surface area contributed by atoms with E-state index in [1.165, 1.54) is 12.6 Å². The highest BCUT2D eigenvalue weighted by molar-refractivity contribution is 5.91. The summed E-state index contributed by atoms with van der Waals surface area (Å²) in [4.78, 5) is 41.1. The van der Waals surface area contributed by atoms with Gasteiger partial charge >= 0.3 is 5.97 Å². The molecule has 0 aromatic heterocycles. The third-order valence-electron chi connectivity index (χ3n) is 2.31. The van der Waals surface area contributed by atoms with E-state index in [0.29, 0.717) is 0 Å². The largest absolute Gasteiger partial charge is 0.480 e. The summed E-state index contributed by atoms with van der Waals surface area (Å²) in [5.74, 6) is -2.27. The molecule has 1 heterocycles. The van der Waals surface area contributed by atoms with Crippen molar-refractivity contribution < 1.29 is 19.5 Å². The Balaban J connectivity index is 2.59. The molecule has 5 N–H and O–H groups in total. The minimum Gasteiger partial charge on any atom is -0.480 e. The number of nitrogens with two attached hydrogens (primary N) is 1. The number of carboxylic acid groups (broad SMARTS) is 1. The molecule has 1 aliphatic heterocycles. The standard InChI is InChI=1S/C10H15N5O4/c11-2-8(16)15-7(1-6-3-12-5-14-6)10(19)13-4-9(17)18/h3,5-7H,1-2,4,11H2,(H,13,19)(H,15,16)(H,17,18)/t6-,7+/m1/s1. The number of hydrogen-bond donors (Lipinski definition) is 4. The molecule has 0 bridgehead atoms. The van der Waals surface area contributed by atoms with Gasteiger partial charge in [-0.3, -0.25) is 19.4 Å². The lowest BCUT2D eigenvalue weighted by Crippen LogP contribution is -2.50. The highest BCUT2D eigenvalue weighted by Crippen LogP contribution is 2.04. The number of carbonyl (C=O) groups excluding carboxylic acids is 2. The van der Waals surface area contributed by atoms with Gasteiger partial charge in [0.15, 0.2) is 0 Å². The lowest BCUT2D eigenvalue weighted by molar-refractivity contribution is -0.138. The van der Waals surface area contributed by atoms with Crippen LogP contribution in [0.25, 0.3) is 0 Å². The van der Waals surface area contributed by atoms with Gasteiger partial charge in [0.05, 0.1) is 12.6 Å². The zero-order chi connectivity index (χ0) is 14.3. The van der Waals surface area contributed by atoms with Gasteiger partial charge in [-0.05, 0) is 0 Å². The van der Waals surface area contributed by atoms with Gasteiger partial charge in [0.25, 0.3) is 0 Å². The first-order chi connectivity index (χ1) is 9.02. The topological polar surface area (TPSA) is 146 Å². The predicted molar refractivity (Wildman–Crippen MR) is 67.0 cm³/mol. The lowest BCUT2D eigenvalue weighted by Gasteiger charge is -2.18.